The summed E-state index contributed by atoms with van der Waals surface area (Å²) in [6.07, 6.45) is 2.15. The summed E-state index contributed by atoms with van der Waals surface area (Å²) in [6, 6.07) is 0. The van der Waals surface area contributed by atoms with E-state index < -0.39 is 0 Å². The Kier molecular flexibility index (Phi) is 7.67. The molecule has 15 heavy (non-hydrogen) atoms. The van der Waals surface area contributed by atoms with Gasteiger partial charge in [-0.1, -0.05) is 41.0 Å². The summed E-state index contributed by atoms with van der Waals surface area (Å²) in [5, 5.41) is 0. The molecule has 0 spiro atoms. The highest BCUT2D eigenvalue weighted by molar-refractivity contribution is 5.82. The van der Waals surface area contributed by atoms with Crippen molar-refractivity contribution in [3.05, 3.63) is 0 Å². The molecule has 0 rings (SSSR count). The normalized spacial score (nSPS) is 15.3. The number of likely N-dealkylation sites (N-methyl/N-ethyl adjacent to an activating group) is 1. The van der Waals surface area contributed by atoms with E-state index in [1.54, 1.807) is 0 Å². The summed E-state index contributed by atoms with van der Waals surface area (Å²) in [5.41, 5.74) is 0. The monoisotopic (exact) mass is 213 g/mol. The van der Waals surface area contributed by atoms with Crippen molar-refractivity contribution in [2.45, 2.75) is 47.5 Å². The molecule has 0 aliphatic rings. The Balaban J connectivity index is 4.03. The average molecular weight is 213 g/mol. The zero-order chi connectivity index (χ0) is 11.8. The molecule has 0 aromatic heterocycles. The van der Waals surface area contributed by atoms with Gasteiger partial charge < -0.3 is 0 Å². The first-order chi connectivity index (χ1) is 7.04. The van der Waals surface area contributed by atoms with Gasteiger partial charge in [0, 0.05) is 12.5 Å². The molecule has 0 aliphatic carbocycles. The molecule has 0 N–H and O–H groups in total. The summed E-state index contributed by atoms with van der Waals surface area (Å²) in [6.45, 7) is 13.3. The second-order valence-electron chi connectivity index (χ2n) is 4.62. The lowest BCUT2D eigenvalue weighted by Gasteiger charge is -2.24. The van der Waals surface area contributed by atoms with E-state index in [0.717, 1.165) is 19.5 Å². The predicted molar refractivity (Wildman–Crippen MR) is 66.0 cm³/mol. The lowest BCUT2D eigenvalue weighted by molar-refractivity contribution is -0.123. The maximum Gasteiger partial charge on any atom is 0.149 e. The van der Waals surface area contributed by atoms with E-state index >= 15 is 0 Å². The van der Waals surface area contributed by atoms with Crippen molar-refractivity contribution in [3.8, 4) is 0 Å². The highest BCUT2D eigenvalue weighted by atomic mass is 16.1. The van der Waals surface area contributed by atoms with Crippen molar-refractivity contribution >= 4 is 5.78 Å². The van der Waals surface area contributed by atoms with E-state index in [1.807, 2.05) is 6.92 Å². The van der Waals surface area contributed by atoms with E-state index in [0.29, 0.717) is 18.2 Å². The lowest BCUT2D eigenvalue weighted by atomic mass is 10.0. The first-order valence-electron chi connectivity index (χ1n) is 6.30. The topological polar surface area (TPSA) is 20.3 Å². The number of hydrogen-bond acceptors (Lipinski definition) is 2. The van der Waals surface area contributed by atoms with Crippen molar-refractivity contribution in [2.75, 3.05) is 19.6 Å². The summed E-state index contributed by atoms with van der Waals surface area (Å²) in [4.78, 5) is 14.0. The van der Waals surface area contributed by atoms with Gasteiger partial charge in [-0.2, -0.15) is 0 Å². The molecule has 0 aromatic rings. The molecule has 90 valence electrons. The van der Waals surface area contributed by atoms with E-state index in [1.165, 1.54) is 6.42 Å². The molecule has 0 radical (unpaired) electrons. The van der Waals surface area contributed by atoms with Crippen LogP contribution in [0.4, 0.5) is 0 Å². The molecular weight excluding hydrogens is 186 g/mol. The van der Waals surface area contributed by atoms with E-state index in [2.05, 4.69) is 32.6 Å². The third kappa shape index (κ3) is 5.93. The predicted octanol–water partition coefficient (Wildman–Crippen LogP) is 2.97. The third-order valence-electron chi connectivity index (χ3n) is 3.26. The maximum absolute atomic E-state index is 11.8. The fourth-order valence-electron chi connectivity index (χ4n) is 1.48. The van der Waals surface area contributed by atoms with Crippen LogP contribution in [0.2, 0.25) is 0 Å². The van der Waals surface area contributed by atoms with Gasteiger partial charge in [0.1, 0.15) is 5.78 Å². The molecule has 2 atom stereocenters. The Morgan fingerprint density at radius 1 is 1.13 bits per heavy atom. The minimum absolute atomic E-state index is 0.219. The first-order valence-corrected chi connectivity index (χ1v) is 6.30. The molecule has 2 heteroatoms. The van der Waals surface area contributed by atoms with Gasteiger partial charge in [0.25, 0.3) is 0 Å². The van der Waals surface area contributed by atoms with Gasteiger partial charge in [-0.3, -0.25) is 9.69 Å². The zero-order valence-electron chi connectivity index (χ0n) is 11.0. The minimum atomic E-state index is 0.219. The maximum atomic E-state index is 11.8. The molecular formula is C13H27NO. The van der Waals surface area contributed by atoms with E-state index in [-0.39, 0.29) is 5.92 Å². The Bertz CT molecular complexity index is 179. The van der Waals surface area contributed by atoms with Crippen molar-refractivity contribution < 1.29 is 4.79 Å². The molecule has 0 bridgehead atoms. The van der Waals surface area contributed by atoms with Gasteiger partial charge in [-0.15, -0.1) is 0 Å². The van der Waals surface area contributed by atoms with Crippen LogP contribution in [0.15, 0.2) is 0 Å². The Morgan fingerprint density at radius 3 is 2.13 bits per heavy atom. The fourth-order valence-corrected chi connectivity index (χ4v) is 1.48. The van der Waals surface area contributed by atoms with Gasteiger partial charge in [0.15, 0.2) is 0 Å². The lowest BCUT2D eigenvalue weighted by Crippen LogP contribution is -2.35. The second-order valence-corrected chi connectivity index (χ2v) is 4.62. The third-order valence-corrected chi connectivity index (χ3v) is 3.26. The highest BCUT2D eigenvalue weighted by Crippen LogP contribution is 2.07. The van der Waals surface area contributed by atoms with Gasteiger partial charge in [-0.05, 0) is 18.9 Å². The average Bonchev–Trinajstić information content (AvgIpc) is 2.26. The molecule has 0 saturated heterocycles. The summed E-state index contributed by atoms with van der Waals surface area (Å²) in [5.74, 6) is 1.30. The molecule has 0 saturated carbocycles. The minimum Gasteiger partial charge on any atom is -0.298 e. The van der Waals surface area contributed by atoms with Crippen LogP contribution in [-0.4, -0.2) is 30.3 Å². The van der Waals surface area contributed by atoms with Crippen molar-refractivity contribution in [3.63, 3.8) is 0 Å². The summed E-state index contributed by atoms with van der Waals surface area (Å²) >= 11 is 0. The van der Waals surface area contributed by atoms with Gasteiger partial charge >= 0.3 is 0 Å². The highest BCUT2D eigenvalue weighted by Gasteiger charge is 2.15. The number of hydrogen-bond donors (Lipinski definition) is 0. The van der Waals surface area contributed by atoms with Crippen molar-refractivity contribution in [2.24, 2.45) is 11.8 Å². The number of carbonyl (C=O) groups excluding carboxylic acids is 1. The number of carbonyl (C=O) groups is 1. The van der Waals surface area contributed by atoms with Crippen LogP contribution in [-0.2, 0) is 4.79 Å². The van der Waals surface area contributed by atoms with E-state index in [9.17, 15) is 4.79 Å². The van der Waals surface area contributed by atoms with Crippen LogP contribution < -0.4 is 0 Å². The Morgan fingerprint density at radius 2 is 1.73 bits per heavy atom. The number of Topliss-reactive ketones (excluding diaryl/α,β-unsaturated/α-hetero) is 1. The second kappa shape index (κ2) is 7.86. The van der Waals surface area contributed by atoms with E-state index in [4.69, 9.17) is 0 Å². The van der Waals surface area contributed by atoms with Gasteiger partial charge in [0.2, 0.25) is 0 Å². The number of nitrogens with zero attached hydrogens (tertiary/aromatic N) is 1. The molecule has 2 nitrogen and oxygen atoms in total. The summed E-state index contributed by atoms with van der Waals surface area (Å²) < 4.78 is 0. The zero-order valence-corrected chi connectivity index (χ0v) is 11.0. The number of ketones is 1. The molecule has 2 unspecified atom stereocenters. The first kappa shape index (κ1) is 14.6. The SMILES string of the molecule is CCC(C)CN(CC)CC(=O)C(C)CC. The van der Waals surface area contributed by atoms with Crippen LogP contribution in [0.5, 0.6) is 0 Å². The van der Waals surface area contributed by atoms with Crippen LogP contribution in [0, 0.1) is 11.8 Å². The Hall–Kier alpha value is -0.370. The van der Waals surface area contributed by atoms with Crippen LogP contribution in [0.1, 0.15) is 47.5 Å². The van der Waals surface area contributed by atoms with Crippen LogP contribution >= 0.6 is 0 Å². The standard InChI is InChI=1S/C13H27NO/c1-6-11(4)9-14(8-3)10-13(15)12(5)7-2/h11-12H,6-10H2,1-5H3. The van der Waals surface area contributed by atoms with Crippen LogP contribution in [0.25, 0.3) is 0 Å². The molecule has 0 fully saturated rings. The fraction of sp³-hybridized carbons (Fsp3) is 0.923. The molecule has 0 aliphatic heterocycles. The van der Waals surface area contributed by atoms with Crippen molar-refractivity contribution in [1.82, 2.24) is 4.90 Å². The smallest absolute Gasteiger partial charge is 0.149 e. The molecule has 0 heterocycles. The largest absolute Gasteiger partial charge is 0.298 e. The molecule has 0 amide bonds. The van der Waals surface area contributed by atoms with Crippen LogP contribution in [0.3, 0.4) is 0 Å². The van der Waals surface area contributed by atoms with Crippen molar-refractivity contribution in [1.29, 1.82) is 0 Å². The summed E-state index contributed by atoms with van der Waals surface area (Å²) in [7, 11) is 0. The quantitative estimate of drug-likeness (QED) is 0.618. The molecule has 0 aromatic carbocycles. The van der Waals surface area contributed by atoms with Gasteiger partial charge in [0.05, 0.1) is 6.54 Å². The van der Waals surface area contributed by atoms with Gasteiger partial charge in [-0.25, -0.2) is 0 Å². The Labute approximate surface area is 95.0 Å². The number of rotatable bonds is 8.